The van der Waals surface area contributed by atoms with Gasteiger partial charge in [-0.2, -0.15) is 5.10 Å². The topological polar surface area (TPSA) is 97.3 Å². The van der Waals surface area contributed by atoms with Crippen LogP contribution in [-0.4, -0.2) is 41.3 Å². The lowest BCUT2D eigenvalue weighted by atomic mass is 10.2. The van der Waals surface area contributed by atoms with Gasteiger partial charge in [0, 0.05) is 15.1 Å². The molecule has 3 aromatic carbocycles. The number of hydrogen-bond donors (Lipinski definition) is 1. The molecule has 178 valence electrons. The lowest BCUT2D eigenvalue weighted by molar-refractivity contribution is -0.119. The van der Waals surface area contributed by atoms with Gasteiger partial charge in [-0.25, -0.2) is 13.8 Å². The zero-order valence-electron chi connectivity index (χ0n) is 18.2. The van der Waals surface area contributed by atoms with E-state index in [1.165, 1.54) is 56.8 Å². The fraction of sp³-hybridized carbons (Fsp3) is 0.130. The van der Waals surface area contributed by atoms with E-state index in [1.54, 1.807) is 24.3 Å². The van der Waals surface area contributed by atoms with E-state index in [0.29, 0.717) is 22.1 Å². The van der Waals surface area contributed by atoms with E-state index in [9.17, 15) is 13.2 Å². The van der Waals surface area contributed by atoms with Crippen LogP contribution in [0.3, 0.4) is 0 Å². The first kappa shape index (κ1) is 25.5. The van der Waals surface area contributed by atoms with Crippen LogP contribution in [0.5, 0.6) is 11.5 Å². The summed E-state index contributed by atoms with van der Waals surface area (Å²) in [4.78, 5) is 12.7. The highest BCUT2D eigenvalue weighted by atomic mass is 79.9. The van der Waals surface area contributed by atoms with Gasteiger partial charge in [0.2, 0.25) is 0 Å². The molecule has 0 aliphatic heterocycles. The Kier molecular flexibility index (Phi) is 8.54. The number of hydrazone groups is 1. The number of rotatable bonds is 9. The van der Waals surface area contributed by atoms with Crippen molar-refractivity contribution in [2.45, 2.75) is 4.90 Å². The van der Waals surface area contributed by atoms with Crippen molar-refractivity contribution in [2.75, 3.05) is 25.1 Å². The second-order valence-corrected chi connectivity index (χ2v) is 10.1. The Morgan fingerprint density at radius 3 is 2.35 bits per heavy atom. The van der Waals surface area contributed by atoms with Gasteiger partial charge in [-0.05, 0) is 66.7 Å². The maximum Gasteiger partial charge on any atom is 0.264 e. The average Bonchev–Trinajstić information content (AvgIpc) is 2.83. The molecule has 3 rings (SSSR count). The van der Waals surface area contributed by atoms with Crippen molar-refractivity contribution < 1.29 is 22.7 Å². The Hall–Kier alpha value is -3.08. The van der Waals surface area contributed by atoms with Crippen molar-refractivity contribution in [3.05, 3.63) is 81.8 Å². The molecule has 1 N–H and O–H groups in total. The molecule has 0 saturated carbocycles. The third kappa shape index (κ3) is 6.28. The largest absolute Gasteiger partial charge is 0.497 e. The third-order valence-electron chi connectivity index (χ3n) is 4.63. The first-order chi connectivity index (χ1) is 16.2. The number of benzene rings is 3. The van der Waals surface area contributed by atoms with Crippen molar-refractivity contribution in [2.24, 2.45) is 5.10 Å². The van der Waals surface area contributed by atoms with Gasteiger partial charge in [-0.15, -0.1) is 0 Å². The quantitative estimate of drug-likeness (QED) is 0.305. The van der Waals surface area contributed by atoms with E-state index in [2.05, 4.69) is 26.5 Å². The van der Waals surface area contributed by atoms with Crippen LogP contribution in [0.15, 0.2) is 81.2 Å². The molecule has 0 fully saturated rings. The number of amides is 1. The molecule has 1 amide bonds. The number of methoxy groups -OCH3 is 2. The van der Waals surface area contributed by atoms with E-state index >= 15 is 0 Å². The van der Waals surface area contributed by atoms with E-state index in [-0.39, 0.29) is 10.6 Å². The number of sulfonamides is 1. The fourth-order valence-electron chi connectivity index (χ4n) is 2.94. The highest BCUT2D eigenvalue weighted by Gasteiger charge is 2.27. The molecule has 11 heteroatoms. The van der Waals surface area contributed by atoms with Crippen LogP contribution < -0.4 is 19.2 Å². The lowest BCUT2D eigenvalue weighted by Crippen LogP contribution is -2.39. The second-order valence-electron chi connectivity index (χ2n) is 6.84. The van der Waals surface area contributed by atoms with Crippen LogP contribution >= 0.6 is 27.5 Å². The summed E-state index contributed by atoms with van der Waals surface area (Å²) in [5.41, 5.74) is 3.26. The van der Waals surface area contributed by atoms with Gasteiger partial charge in [0.15, 0.2) is 0 Å². The van der Waals surface area contributed by atoms with Crippen molar-refractivity contribution in [3.8, 4) is 11.5 Å². The van der Waals surface area contributed by atoms with Crippen LogP contribution in [0.1, 0.15) is 5.56 Å². The minimum atomic E-state index is -4.08. The Bertz CT molecular complexity index is 1280. The molecule has 3 aromatic rings. The standard InChI is InChI=1S/C23H21BrClN3O5S/c1-32-20-8-10-21(11-9-20)34(30,31)28(19-6-4-18(25)5-7-19)15-23(29)27-26-14-16-13-17(24)3-12-22(16)33-2/h3-14H,15H2,1-2H3,(H,27,29)/b26-14-. The van der Waals surface area contributed by atoms with Crippen molar-refractivity contribution in [1.82, 2.24) is 5.43 Å². The highest BCUT2D eigenvalue weighted by Crippen LogP contribution is 2.26. The first-order valence-electron chi connectivity index (χ1n) is 9.82. The molecule has 0 atom stereocenters. The summed E-state index contributed by atoms with van der Waals surface area (Å²) < 4.78 is 38.9. The van der Waals surface area contributed by atoms with Gasteiger partial charge in [0.25, 0.3) is 15.9 Å². The van der Waals surface area contributed by atoms with Crippen LogP contribution in [-0.2, 0) is 14.8 Å². The number of anilines is 1. The summed E-state index contributed by atoms with van der Waals surface area (Å²) in [6, 6.07) is 17.3. The molecule has 0 spiro atoms. The van der Waals surface area contributed by atoms with Gasteiger partial charge in [-0.3, -0.25) is 9.10 Å². The monoisotopic (exact) mass is 565 g/mol. The Morgan fingerprint density at radius 1 is 1.06 bits per heavy atom. The maximum absolute atomic E-state index is 13.4. The number of nitrogens with zero attached hydrogens (tertiary/aromatic N) is 2. The molecule has 0 saturated heterocycles. The summed E-state index contributed by atoms with van der Waals surface area (Å²) >= 11 is 9.32. The minimum absolute atomic E-state index is 0.00146. The minimum Gasteiger partial charge on any atom is -0.497 e. The third-order valence-corrected chi connectivity index (χ3v) is 7.17. The lowest BCUT2D eigenvalue weighted by Gasteiger charge is -2.23. The Morgan fingerprint density at radius 2 is 1.74 bits per heavy atom. The number of ether oxygens (including phenoxy) is 2. The number of hydrogen-bond acceptors (Lipinski definition) is 6. The fourth-order valence-corrected chi connectivity index (χ4v) is 4.87. The van der Waals surface area contributed by atoms with E-state index in [4.69, 9.17) is 21.1 Å². The maximum atomic E-state index is 13.4. The molecule has 0 heterocycles. The van der Waals surface area contributed by atoms with Crippen molar-refractivity contribution >= 4 is 55.4 Å². The van der Waals surface area contributed by atoms with E-state index < -0.39 is 22.5 Å². The molecular formula is C23H21BrClN3O5S. The molecule has 0 bridgehead atoms. The molecular weight excluding hydrogens is 546 g/mol. The number of carbonyl (C=O) groups excluding carboxylic acids is 1. The molecule has 0 aliphatic carbocycles. The van der Waals surface area contributed by atoms with Crippen LogP contribution in [0.4, 0.5) is 5.69 Å². The average molecular weight is 567 g/mol. The number of carbonyl (C=O) groups is 1. The summed E-state index contributed by atoms with van der Waals surface area (Å²) in [6.07, 6.45) is 1.41. The van der Waals surface area contributed by atoms with E-state index in [1.807, 2.05) is 6.07 Å². The van der Waals surface area contributed by atoms with Gasteiger partial charge >= 0.3 is 0 Å². The summed E-state index contributed by atoms with van der Waals surface area (Å²) in [7, 11) is -1.08. The summed E-state index contributed by atoms with van der Waals surface area (Å²) in [6.45, 7) is -0.511. The molecule has 0 radical (unpaired) electrons. The summed E-state index contributed by atoms with van der Waals surface area (Å²) in [5, 5.41) is 4.38. The highest BCUT2D eigenvalue weighted by molar-refractivity contribution is 9.10. The predicted molar refractivity (Wildman–Crippen MR) is 135 cm³/mol. The van der Waals surface area contributed by atoms with Crippen molar-refractivity contribution in [3.63, 3.8) is 0 Å². The number of halogens is 2. The molecule has 8 nitrogen and oxygen atoms in total. The van der Waals surface area contributed by atoms with Gasteiger partial charge in [-0.1, -0.05) is 27.5 Å². The Labute approximate surface area is 211 Å². The SMILES string of the molecule is COc1ccc(S(=O)(=O)N(CC(=O)N/N=C\c2cc(Br)ccc2OC)c2ccc(Cl)cc2)cc1. The molecule has 34 heavy (non-hydrogen) atoms. The van der Waals surface area contributed by atoms with Gasteiger partial charge in [0.05, 0.1) is 31.0 Å². The first-order valence-corrected chi connectivity index (χ1v) is 12.4. The predicted octanol–water partition coefficient (Wildman–Crippen LogP) is 4.47. The molecule has 0 aliphatic rings. The van der Waals surface area contributed by atoms with Crippen LogP contribution in [0.2, 0.25) is 5.02 Å². The second kappa shape index (κ2) is 11.4. The van der Waals surface area contributed by atoms with Gasteiger partial charge < -0.3 is 9.47 Å². The zero-order valence-corrected chi connectivity index (χ0v) is 21.4. The summed E-state index contributed by atoms with van der Waals surface area (Å²) in [5.74, 6) is 0.426. The molecule has 0 unspecified atom stereocenters. The van der Waals surface area contributed by atoms with E-state index in [0.717, 1.165) is 8.78 Å². The Balaban J connectivity index is 1.85. The smallest absolute Gasteiger partial charge is 0.264 e. The molecule has 0 aromatic heterocycles. The zero-order chi connectivity index (χ0) is 24.7. The van der Waals surface area contributed by atoms with Crippen LogP contribution in [0, 0.1) is 0 Å². The number of nitrogens with one attached hydrogen (secondary N) is 1. The normalized spacial score (nSPS) is 11.3. The van der Waals surface area contributed by atoms with Crippen molar-refractivity contribution in [1.29, 1.82) is 0 Å². The van der Waals surface area contributed by atoms with Crippen LogP contribution in [0.25, 0.3) is 0 Å². The van der Waals surface area contributed by atoms with Gasteiger partial charge in [0.1, 0.15) is 18.0 Å².